The van der Waals surface area contributed by atoms with Crippen LogP contribution in [-0.2, 0) is 14.3 Å². The maximum atomic E-state index is 13.3. The molecule has 0 heterocycles. The van der Waals surface area contributed by atoms with Crippen molar-refractivity contribution < 1.29 is 32.6 Å². The quantitative estimate of drug-likeness (QED) is 0.611. The van der Waals surface area contributed by atoms with Crippen molar-refractivity contribution in [2.45, 2.75) is 72.1 Å². The molecule has 0 aliphatic heterocycles. The zero-order valence-corrected chi connectivity index (χ0v) is 13.5. The van der Waals surface area contributed by atoms with Crippen molar-refractivity contribution >= 4 is 11.9 Å². The first kappa shape index (κ1) is 20.7. The van der Waals surface area contributed by atoms with Crippen molar-refractivity contribution in [3.63, 3.8) is 0 Å². The third kappa shape index (κ3) is 5.85. The highest BCUT2D eigenvalue weighted by molar-refractivity contribution is 5.75. The largest absolute Gasteiger partial charge is 0.550 e. The van der Waals surface area contributed by atoms with Crippen LogP contribution >= 0.6 is 0 Å². The standard InChI is InChI=1S/C15H25F3O4/c1-5-10(14(4,6-2)7-3)13(15(16,17)18)22-12(21)9-8-11(19)20/h10,13H,5-9H2,1-4H3,(H,19,20)/p-1. The lowest BCUT2D eigenvalue weighted by Gasteiger charge is -2.40. The molecular formula is C15H24F3O4-. The fourth-order valence-electron chi connectivity index (χ4n) is 2.63. The summed E-state index contributed by atoms with van der Waals surface area (Å²) in [5.41, 5.74) is -0.621. The SMILES string of the molecule is CCC(C(OC(=O)CCC(=O)[O-])C(F)(F)F)C(C)(CC)CC. The molecule has 0 aromatic carbocycles. The van der Waals surface area contributed by atoms with Gasteiger partial charge in [-0.3, -0.25) is 4.79 Å². The average molecular weight is 325 g/mol. The summed E-state index contributed by atoms with van der Waals surface area (Å²) < 4.78 is 44.6. The lowest BCUT2D eigenvalue weighted by molar-refractivity contribution is -0.306. The Kier molecular flexibility index (Phi) is 7.90. The van der Waals surface area contributed by atoms with Crippen LogP contribution in [0.15, 0.2) is 0 Å². The minimum atomic E-state index is -4.69. The number of carboxylic acid groups (broad SMARTS) is 1. The van der Waals surface area contributed by atoms with Crippen molar-refractivity contribution in [1.82, 2.24) is 0 Å². The number of carbonyl (C=O) groups is 2. The van der Waals surface area contributed by atoms with Gasteiger partial charge < -0.3 is 14.6 Å². The number of hydrogen-bond acceptors (Lipinski definition) is 4. The molecule has 0 aromatic heterocycles. The Balaban J connectivity index is 5.27. The van der Waals surface area contributed by atoms with Crippen LogP contribution in [0.4, 0.5) is 13.2 Å². The van der Waals surface area contributed by atoms with Gasteiger partial charge in [-0.15, -0.1) is 0 Å². The molecule has 0 spiro atoms. The highest BCUT2D eigenvalue weighted by Gasteiger charge is 2.51. The molecule has 130 valence electrons. The van der Waals surface area contributed by atoms with E-state index < -0.39 is 48.4 Å². The molecule has 0 N–H and O–H groups in total. The first-order chi connectivity index (χ1) is 10.0. The summed E-state index contributed by atoms with van der Waals surface area (Å²) in [5, 5.41) is 10.3. The number of aliphatic carboxylic acids is 1. The number of carbonyl (C=O) groups excluding carboxylic acids is 2. The number of ether oxygens (including phenoxy) is 1. The summed E-state index contributed by atoms with van der Waals surface area (Å²) in [5.74, 6) is -3.55. The van der Waals surface area contributed by atoms with E-state index in [2.05, 4.69) is 4.74 Å². The van der Waals surface area contributed by atoms with Gasteiger partial charge in [0.15, 0.2) is 0 Å². The maximum absolute atomic E-state index is 13.3. The van der Waals surface area contributed by atoms with Crippen molar-refractivity contribution in [2.75, 3.05) is 0 Å². The van der Waals surface area contributed by atoms with Crippen molar-refractivity contribution in [3.05, 3.63) is 0 Å². The fourth-order valence-corrected chi connectivity index (χ4v) is 2.63. The summed E-state index contributed by atoms with van der Waals surface area (Å²) in [4.78, 5) is 21.8. The number of carboxylic acids is 1. The molecule has 22 heavy (non-hydrogen) atoms. The van der Waals surface area contributed by atoms with E-state index in [9.17, 15) is 27.9 Å². The number of alkyl halides is 3. The van der Waals surface area contributed by atoms with Gasteiger partial charge in [0.05, 0.1) is 6.42 Å². The van der Waals surface area contributed by atoms with E-state index in [4.69, 9.17) is 0 Å². The number of halogens is 3. The van der Waals surface area contributed by atoms with Gasteiger partial charge in [-0.05, 0) is 18.3 Å². The molecule has 0 aliphatic rings. The number of hydrogen-bond donors (Lipinski definition) is 0. The van der Waals surface area contributed by atoms with E-state index in [-0.39, 0.29) is 6.42 Å². The Hall–Kier alpha value is -1.27. The van der Waals surface area contributed by atoms with E-state index in [1.54, 1.807) is 27.7 Å². The van der Waals surface area contributed by atoms with E-state index in [0.29, 0.717) is 12.8 Å². The van der Waals surface area contributed by atoms with Crippen LogP contribution in [0, 0.1) is 11.3 Å². The molecule has 0 aliphatic carbocycles. The van der Waals surface area contributed by atoms with Gasteiger partial charge in [0, 0.05) is 11.9 Å². The van der Waals surface area contributed by atoms with Crippen LogP contribution in [0.2, 0.25) is 0 Å². The number of esters is 1. The van der Waals surface area contributed by atoms with Crippen molar-refractivity contribution in [1.29, 1.82) is 0 Å². The van der Waals surface area contributed by atoms with Gasteiger partial charge in [0.25, 0.3) is 0 Å². The van der Waals surface area contributed by atoms with Crippen molar-refractivity contribution in [3.8, 4) is 0 Å². The van der Waals surface area contributed by atoms with Crippen LogP contribution in [0.25, 0.3) is 0 Å². The Morgan fingerprint density at radius 1 is 1.09 bits per heavy atom. The molecule has 0 radical (unpaired) electrons. The third-order valence-electron chi connectivity index (χ3n) is 4.43. The molecule has 7 heteroatoms. The second-order valence-electron chi connectivity index (χ2n) is 5.70. The van der Waals surface area contributed by atoms with Crippen LogP contribution in [0.3, 0.4) is 0 Å². The second kappa shape index (κ2) is 8.39. The van der Waals surface area contributed by atoms with Crippen molar-refractivity contribution in [2.24, 2.45) is 11.3 Å². The Bertz CT molecular complexity index is 375. The smallest absolute Gasteiger partial charge is 0.425 e. The first-order valence-corrected chi connectivity index (χ1v) is 7.47. The Labute approximate surface area is 129 Å². The Morgan fingerprint density at radius 3 is 1.91 bits per heavy atom. The van der Waals surface area contributed by atoms with E-state index in [0.717, 1.165) is 0 Å². The predicted octanol–water partition coefficient (Wildman–Crippen LogP) is 2.84. The molecule has 0 saturated carbocycles. The maximum Gasteiger partial charge on any atom is 0.425 e. The van der Waals surface area contributed by atoms with Crippen LogP contribution in [0.1, 0.15) is 59.8 Å². The van der Waals surface area contributed by atoms with E-state index in [1.807, 2.05) is 0 Å². The molecule has 0 fully saturated rings. The monoisotopic (exact) mass is 325 g/mol. The minimum absolute atomic E-state index is 0.204. The molecule has 2 unspecified atom stereocenters. The molecular weight excluding hydrogens is 301 g/mol. The lowest BCUT2D eigenvalue weighted by atomic mass is 9.69. The van der Waals surface area contributed by atoms with Crippen LogP contribution in [-0.4, -0.2) is 24.2 Å². The molecule has 0 bridgehead atoms. The lowest BCUT2D eigenvalue weighted by Crippen LogP contribution is -2.46. The first-order valence-electron chi connectivity index (χ1n) is 7.47. The minimum Gasteiger partial charge on any atom is -0.550 e. The predicted molar refractivity (Wildman–Crippen MR) is 72.6 cm³/mol. The molecule has 0 saturated heterocycles. The fraction of sp³-hybridized carbons (Fsp3) is 0.867. The second-order valence-corrected chi connectivity index (χ2v) is 5.70. The molecule has 2 atom stereocenters. The van der Waals surface area contributed by atoms with Crippen LogP contribution in [0.5, 0.6) is 0 Å². The molecule has 0 rings (SSSR count). The zero-order chi connectivity index (χ0) is 17.6. The van der Waals surface area contributed by atoms with Gasteiger partial charge in [-0.1, -0.05) is 40.5 Å². The van der Waals surface area contributed by atoms with Crippen LogP contribution < -0.4 is 5.11 Å². The molecule has 4 nitrogen and oxygen atoms in total. The van der Waals surface area contributed by atoms with Gasteiger partial charge in [-0.2, -0.15) is 13.2 Å². The summed E-state index contributed by atoms with van der Waals surface area (Å²) in [6.07, 6.45) is -6.95. The van der Waals surface area contributed by atoms with Gasteiger partial charge >= 0.3 is 12.1 Å². The topological polar surface area (TPSA) is 66.4 Å². The Morgan fingerprint density at radius 2 is 1.59 bits per heavy atom. The van der Waals surface area contributed by atoms with E-state index in [1.165, 1.54) is 0 Å². The molecule has 0 amide bonds. The number of rotatable bonds is 9. The summed E-state index contributed by atoms with van der Waals surface area (Å²) in [6, 6.07) is 0. The van der Waals surface area contributed by atoms with Gasteiger partial charge in [-0.25, -0.2) is 0 Å². The zero-order valence-electron chi connectivity index (χ0n) is 13.5. The highest BCUT2D eigenvalue weighted by atomic mass is 19.4. The third-order valence-corrected chi connectivity index (χ3v) is 4.43. The summed E-state index contributed by atoms with van der Waals surface area (Å²) in [7, 11) is 0. The summed E-state index contributed by atoms with van der Waals surface area (Å²) in [6.45, 7) is 6.98. The average Bonchev–Trinajstić information content (AvgIpc) is 2.43. The highest BCUT2D eigenvalue weighted by Crippen LogP contribution is 2.44. The van der Waals surface area contributed by atoms with Gasteiger partial charge in [0.1, 0.15) is 0 Å². The van der Waals surface area contributed by atoms with Gasteiger partial charge in [0.2, 0.25) is 6.10 Å². The van der Waals surface area contributed by atoms with E-state index >= 15 is 0 Å². The molecule has 0 aromatic rings. The normalized spacial score (nSPS) is 15.2. The summed E-state index contributed by atoms with van der Waals surface area (Å²) >= 11 is 0.